The molecule has 0 aliphatic carbocycles. The van der Waals surface area contributed by atoms with Gasteiger partial charge in [0, 0.05) is 6.54 Å². The van der Waals surface area contributed by atoms with Crippen LogP contribution in [0.5, 0.6) is 0 Å². The van der Waals surface area contributed by atoms with E-state index >= 15 is 0 Å². The summed E-state index contributed by atoms with van der Waals surface area (Å²) in [5.74, 6) is -0.795. The van der Waals surface area contributed by atoms with Gasteiger partial charge in [0.05, 0.1) is 6.26 Å². The molecule has 8 heteroatoms. The monoisotopic (exact) mass is 283 g/mol. The van der Waals surface area contributed by atoms with E-state index in [-0.39, 0.29) is 6.54 Å². The molecule has 0 fully saturated rings. The smallest absolute Gasteiger partial charge is 0.407 e. The number of hydrogen-bond donors (Lipinski definition) is 1. The lowest BCUT2D eigenvalue weighted by molar-refractivity contribution is 0.0533. The molecule has 0 aliphatic rings. The quantitative estimate of drug-likeness (QED) is 0.770. The highest BCUT2D eigenvalue weighted by molar-refractivity contribution is 7.85. The molecule has 0 saturated heterocycles. The largest absolute Gasteiger partial charge is 0.444 e. The Balaban J connectivity index is 3.98. The number of alkyl carbamates (subject to hydrolysis) is 1. The summed E-state index contributed by atoms with van der Waals surface area (Å²) in [5, 5.41) is 2.28. The molecule has 0 saturated carbocycles. The zero-order valence-corrected chi connectivity index (χ0v) is 11.6. The number of ether oxygens (including phenoxy) is 1. The third-order valence-corrected chi connectivity index (χ3v) is 1.93. The SMILES string of the molecule is CC(C)(C)OC(=O)NC/C=C(\F)COS(C)(=O)=O. The molecule has 0 spiro atoms. The van der Waals surface area contributed by atoms with Crippen molar-refractivity contribution in [2.45, 2.75) is 26.4 Å². The molecule has 0 atom stereocenters. The van der Waals surface area contributed by atoms with Gasteiger partial charge in [-0.3, -0.25) is 4.18 Å². The van der Waals surface area contributed by atoms with Gasteiger partial charge < -0.3 is 10.1 Å². The lowest BCUT2D eigenvalue weighted by Gasteiger charge is -2.19. The summed E-state index contributed by atoms with van der Waals surface area (Å²) in [7, 11) is -3.68. The fraction of sp³-hybridized carbons (Fsp3) is 0.700. The molecule has 106 valence electrons. The molecular weight excluding hydrogens is 265 g/mol. The van der Waals surface area contributed by atoms with Crippen LogP contribution in [-0.4, -0.2) is 39.5 Å². The first-order valence-corrected chi connectivity index (χ1v) is 6.97. The molecular formula is C10H18FNO5S. The fourth-order valence-corrected chi connectivity index (χ4v) is 1.11. The average molecular weight is 283 g/mol. The van der Waals surface area contributed by atoms with Crippen LogP contribution in [-0.2, 0) is 19.0 Å². The van der Waals surface area contributed by atoms with Crippen LogP contribution < -0.4 is 5.32 Å². The van der Waals surface area contributed by atoms with Gasteiger partial charge in [0.1, 0.15) is 18.0 Å². The molecule has 0 heterocycles. The van der Waals surface area contributed by atoms with Crippen molar-refractivity contribution >= 4 is 16.2 Å². The second-order valence-corrected chi connectivity index (χ2v) is 6.14. The van der Waals surface area contributed by atoms with E-state index in [9.17, 15) is 17.6 Å². The Morgan fingerprint density at radius 2 is 1.94 bits per heavy atom. The standard InChI is InChI=1S/C10H18FNO5S/c1-10(2,3)17-9(13)12-6-5-8(11)7-16-18(4,14)15/h5H,6-7H2,1-4H3,(H,12,13)/b8-5-. The van der Waals surface area contributed by atoms with Crippen LogP contribution >= 0.6 is 0 Å². The first kappa shape index (κ1) is 16.9. The summed E-state index contributed by atoms with van der Waals surface area (Å²) in [6.45, 7) is 4.29. The van der Waals surface area contributed by atoms with Gasteiger partial charge in [-0.2, -0.15) is 8.42 Å². The van der Waals surface area contributed by atoms with E-state index in [1.807, 2.05) is 0 Å². The minimum Gasteiger partial charge on any atom is -0.444 e. The highest BCUT2D eigenvalue weighted by Gasteiger charge is 2.15. The van der Waals surface area contributed by atoms with E-state index in [1.165, 1.54) is 0 Å². The van der Waals surface area contributed by atoms with Crippen molar-refractivity contribution < 1.29 is 26.5 Å². The third kappa shape index (κ3) is 11.3. The molecule has 0 bridgehead atoms. The topological polar surface area (TPSA) is 81.7 Å². The molecule has 0 aliphatic heterocycles. The van der Waals surface area contributed by atoms with Crippen molar-refractivity contribution in [2.75, 3.05) is 19.4 Å². The lowest BCUT2D eigenvalue weighted by Crippen LogP contribution is -2.32. The van der Waals surface area contributed by atoms with E-state index in [0.29, 0.717) is 0 Å². The molecule has 18 heavy (non-hydrogen) atoms. The van der Waals surface area contributed by atoms with E-state index in [0.717, 1.165) is 12.3 Å². The number of amides is 1. The number of nitrogens with one attached hydrogen (secondary N) is 1. The molecule has 0 aromatic rings. The summed E-state index contributed by atoms with van der Waals surface area (Å²) in [6.07, 6.45) is 1.13. The summed E-state index contributed by atoms with van der Waals surface area (Å²) >= 11 is 0. The summed E-state index contributed by atoms with van der Waals surface area (Å²) in [6, 6.07) is 0. The number of hydrogen-bond acceptors (Lipinski definition) is 5. The van der Waals surface area contributed by atoms with E-state index in [2.05, 4.69) is 9.50 Å². The van der Waals surface area contributed by atoms with Gasteiger partial charge in [0.15, 0.2) is 0 Å². The zero-order valence-electron chi connectivity index (χ0n) is 10.8. The molecule has 0 rings (SSSR count). The maximum absolute atomic E-state index is 13.0. The third-order valence-electron chi connectivity index (χ3n) is 1.38. The number of carbonyl (C=O) groups is 1. The molecule has 0 radical (unpaired) electrons. The Bertz CT molecular complexity index is 410. The minimum absolute atomic E-state index is 0.117. The van der Waals surface area contributed by atoms with Crippen LogP contribution in [0.25, 0.3) is 0 Å². The van der Waals surface area contributed by atoms with Crippen LogP contribution in [0.2, 0.25) is 0 Å². The number of halogens is 1. The Hall–Kier alpha value is -1.15. The Labute approximate surface area is 106 Å². The number of rotatable bonds is 5. The van der Waals surface area contributed by atoms with E-state index < -0.39 is 34.2 Å². The van der Waals surface area contributed by atoms with Crippen LogP contribution in [0.4, 0.5) is 9.18 Å². The average Bonchev–Trinajstić information content (AvgIpc) is 2.10. The zero-order chi connectivity index (χ0) is 14.4. The summed E-state index contributed by atoms with van der Waals surface area (Å²) in [4.78, 5) is 11.1. The molecule has 0 unspecified atom stereocenters. The van der Waals surface area contributed by atoms with Crippen molar-refractivity contribution in [3.8, 4) is 0 Å². The van der Waals surface area contributed by atoms with Crippen molar-refractivity contribution in [1.29, 1.82) is 0 Å². The van der Waals surface area contributed by atoms with Gasteiger partial charge in [-0.05, 0) is 26.8 Å². The maximum atomic E-state index is 13.0. The molecule has 6 nitrogen and oxygen atoms in total. The lowest BCUT2D eigenvalue weighted by atomic mass is 10.2. The molecule has 0 aromatic carbocycles. The van der Waals surface area contributed by atoms with Gasteiger partial charge in [0.2, 0.25) is 0 Å². The van der Waals surface area contributed by atoms with Gasteiger partial charge in [-0.15, -0.1) is 0 Å². The Morgan fingerprint density at radius 3 is 2.39 bits per heavy atom. The predicted molar refractivity (Wildman–Crippen MR) is 64.2 cm³/mol. The first-order chi connectivity index (χ1) is 7.99. The maximum Gasteiger partial charge on any atom is 0.407 e. The van der Waals surface area contributed by atoms with Crippen molar-refractivity contribution in [1.82, 2.24) is 5.32 Å². The number of carbonyl (C=O) groups excluding carboxylic acids is 1. The van der Waals surface area contributed by atoms with Crippen LogP contribution in [0.1, 0.15) is 20.8 Å². The second kappa shape index (κ2) is 6.69. The molecule has 1 N–H and O–H groups in total. The highest BCUT2D eigenvalue weighted by atomic mass is 32.2. The van der Waals surface area contributed by atoms with Gasteiger partial charge in [0.25, 0.3) is 10.1 Å². The van der Waals surface area contributed by atoms with Crippen LogP contribution in [0.3, 0.4) is 0 Å². The molecule has 0 aromatic heterocycles. The van der Waals surface area contributed by atoms with Gasteiger partial charge in [-0.25, -0.2) is 9.18 Å². The van der Waals surface area contributed by atoms with Crippen molar-refractivity contribution in [2.24, 2.45) is 0 Å². The van der Waals surface area contributed by atoms with Crippen LogP contribution in [0, 0.1) is 0 Å². The normalized spacial score (nSPS) is 13.3. The van der Waals surface area contributed by atoms with E-state index in [4.69, 9.17) is 4.74 Å². The minimum atomic E-state index is -3.68. The van der Waals surface area contributed by atoms with E-state index in [1.54, 1.807) is 20.8 Å². The summed E-state index contributed by atoms with van der Waals surface area (Å²) < 4.78 is 43.3. The fourth-order valence-electron chi connectivity index (χ4n) is 0.782. The Morgan fingerprint density at radius 1 is 1.39 bits per heavy atom. The second-order valence-electron chi connectivity index (χ2n) is 4.50. The predicted octanol–water partition coefficient (Wildman–Crippen LogP) is 1.34. The first-order valence-electron chi connectivity index (χ1n) is 5.15. The highest BCUT2D eigenvalue weighted by Crippen LogP contribution is 2.06. The summed E-state index contributed by atoms with van der Waals surface area (Å²) in [5.41, 5.74) is -0.633. The van der Waals surface area contributed by atoms with Crippen molar-refractivity contribution in [3.63, 3.8) is 0 Å². The van der Waals surface area contributed by atoms with Crippen molar-refractivity contribution in [3.05, 3.63) is 11.9 Å². The molecule has 1 amide bonds. The van der Waals surface area contributed by atoms with Gasteiger partial charge in [-0.1, -0.05) is 0 Å². The van der Waals surface area contributed by atoms with Crippen LogP contribution in [0.15, 0.2) is 11.9 Å². The Kier molecular flexibility index (Phi) is 6.27. The van der Waals surface area contributed by atoms with Gasteiger partial charge >= 0.3 is 6.09 Å².